The summed E-state index contributed by atoms with van der Waals surface area (Å²) >= 11 is 0. The minimum absolute atomic E-state index is 1.17. The molecule has 0 aromatic carbocycles. The molecule has 0 unspecified atom stereocenters. The van der Waals surface area contributed by atoms with Gasteiger partial charge in [-0.25, -0.2) is 0 Å². The molecule has 152 valence electrons. The second kappa shape index (κ2) is 9.42. The molecule has 0 aliphatic heterocycles. The second-order valence-electron chi connectivity index (χ2n) is 9.63. The van der Waals surface area contributed by atoms with Crippen LogP contribution < -0.4 is 0 Å². The van der Waals surface area contributed by atoms with Gasteiger partial charge >= 0.3 is 25.7 Å². The van der Waals surface area contributed by atoms with Crippen molar-refractivity contribution in [2.75, 3.05) is 0 Å². The maximum absolute atomic E-state index is 6.56. The van der Waals surface area contributed by atoms with E-state index < -0.39 is 42.3 Å². The minimum atomic E-state index is -2.30. The van der Waals surface area contributed by atoms with Crippen LogP contribution in [0, 0.1) is 0 Å². The van der Waals surface area contributed by atoms with Crippen molar-refractivity contribution in [3.05, 3.63) is 0 Å². The van der Waals surface area contributed by atoms with Crippen molar-refractivity contribution in [2.24, 2.45) is 0 Å². The van der Waals surface area contributed by atoms with Gasteiger partial charge in [0.15, 0.2) is 16.6 Å². The first kappa shape index (κ1) is 25.9. The molecular formula is C16H44O4Si5. The molecule has 0 atom stereocenters. The van der Waals surface area contributed by atoms with Gasteiger partial charge < -0.3 is 16.5 Å². The average Bonchev–Trinajstić information content (AvgIpc) is 2.19. The summed E-state index contributed by atoms with van der Waals surface area (Å²) in [6.07, 6.45) is 2.35. The van der Waals surface area contributed by atoms with Crippen LogP contribution >= 0.6 is 0 Å². The third-order valence-electron chi connectivity index (χ3n) is 3.73. The lowest BCUT2D eigenvalue weighted by atomic mass is 10.6. The van der Waals surface area contributed by atoms with E-state index >= 15 is 0 Å². The first-order chi connectivity index (χ1) is 10.9. The highest BCUT2D eigenvalue weighted by Crippen LogP contribution is 2.28. The molecular weight excluding hydrogens is 397 g/mol. The van der Waals surface area contributed by atoms with E-state index in [2.05, 4.69) is 79.3 Å². The molecule has 0 heterocycles. The molecule has 0 bridgehead atoms. The molecule has 0 aliphatic carbocycles. The SMILES string of the molecule is CCC[Si](C)(C)O[Si](C)(C)O[Si](C)(C)O[Si](C)(C)O[Si](C)(C)CCC. The maximum Gasteiger partial charge on any atom is 0.314 e. The van der Waals surface area contributed by atoms with Gasteiger partial charge in [-0.05, 0) is 77.6 Å². The first-order valence-corrected chi connectivity index (χ1v) is 24.4. The topological polar surface area (TPSA) is 36.9 Å². The first-order valence-electron chi connectivity index (χ1n) is 9.75. The van der Waals surface area contributed by atoms with Crippen molar-refractivity contribution in [1.82, 2.24) is 0 Å². The van der Waals surface area contributed by atoms with Gasteiger partial charge in [0.25, 0.3) is 0 Å². The standard InChI is InChI=1S/C16H44O4Si5/c1-13-15-21(3,4)17-23(7,8)19-25(11,12)20-24(9,10)18-22(5,6)16-14-2/h13-16H2,1-12H3. The maximum atomic E-state index is 6.56. The van der Waals surface area contributed by atoms with Crippen molar-refractivity contribution < 1.29 is 16.5 Å². The fourth-order valence-electron chi connectivity index (χ4n) is 3.88. The molecule has 0 aromatic heterocycles. The Bertz CT molecular complexity index is 375. The Morgan fingerprint density at radius 2 is 0.680 bits per heavy atom. The van der Waals surface area contributed by atoms with E-state index in [-0.39, 0.29) is 0 Å². The van der Waals surface area contributed by atoms with Crippen LogP contribution in [0.3, 0.4) is 0 Å². The summed E-state index contributed by atoms with van der Waals surface area (Å²) in [6.45, 7) is 26.6. The monoisotopic (exact) mass is 440 g/mol. The highest BCUT2D eigenvalue weighted by atomic mass is 28.5. The van der Waals surface area contributed by atoms with Crippen LogP contribution in [0.2, 0.25) is 77.6 Å². The molecule has 0 aliphatic rings. The normalized spacial score (nSPS) is 14.9. The molecule has 25 heavy (non-hydrogen) atoms. The van der Waals surface area contributed by atoms with Crippen LogP contribution in [0.25, 0.3) is 0 Å². The van der Waals surface area contributed by atoms with Crippen LogP contribution in [0.15, 0.2) is 0 Å². The molecule has 0 fully saturated rings. The van der Waals surface area contributed by atoms with Gasteiger partial charge in [0.05, 0.1) is 0 Å². The fourth-order valence-corrected chi connectivity index (χ4v) is 28.8. The molecule has 0 N–H and O–H groups in total. The van der Waals surface area contributed by atoms with Gasteiger partial charge in [-0.3, -0.25) is 0 Å². The van der Waals surface area contributed by atoms with Crippen molar-refractivity contribution in [3.8, 4) is 0 Å². The number of rotatable bonds is 12. The highest BCUT2D eigenvalue weighted by molar-refractivity contribution is 6.90. The summed E-state index contributed by atoms with van der Waals surface area (Å²) in [6, 6.07) is 2.35. The van der Waals surface area contributed by atoms with E-state index in [9.17, 15) is 0 Å². The predicted octanol–water partition coefficient (Wildman–Crippen LogP) is 6.39. The van der Waals surface area contributed by atoms with Crippen molar-refractivity contribution in [2.45, 2.75) is 104 Å². The van der Waals surface area contributed by atoms with Crippen LogP contribution in [0.5, 0.6) is 0 Å². The highest BCUT2D eigenvalue weighted by Gasteiger charge is 2.45. The van der Waals surface area contributed by atoms with E-state index in [4.69, 9.17) is 16.5 Å². The second-order valence-corrected chi connectivity index (χ2v) is 29.3. The van der Waals surface area contributed by atoms with E-state index in [1.165, 1.54) is 24.9 Å². The Morgan fingerprint density at radius 3 is 0.920 bits per heavy atom. The summed E-state index contributed by atoms with van der Waals surface area (Å²) < 4.78 is 26.2. The Morgan fingerprint density at radius 1 is 0.440 bits per heavy atom. The van der Waals surface area contributed by atoms with Gasteiger partial charge in [0.1, 0.15) is 0 Å². The van der Waals surface area contributed by atoms with E-state index in [0.717, 1.165) is 0 Å². The third-order valence-corrected chi connectivity index (χ3v) is 23.4. The Balaban J connectivity index is 4.95. The Kier molecular flexibility index (Phi) is 9.76. The molecule has 0 spiro atoms. The summed E-state index contributed by atoms with van der Waals surface area (Å²) in [5, 5.41) is 0. The van der Waals surface area contributed by atoms with Crippen LogP contribution in [0.1, 0.15) is 26.7 Å². The van der Waals surface area contributed by atoms with Crippen LogP contribution in [-0.2, 0) is 16.5 Å². The van der Waals surface area contributed by atoms with Crippen molar-refractivity contribution in [3.63, 3.8) is 0 Å². The lowest BCUT2D eigenvalue weighted by molar-refractivity contribution is 0.298. The van der Waals surface area contributed by atoms with Gasteiger partial charge in [-0.1, -0.05) is 26.7 Å². The molecule has 0 radical (unpaired) electrons. The largest absolute Gasteiger partial charge is 0.436 e. The summed E-state index contributed by atoms with van der Waals surface area (Å²) in [5.41, 5.74) is 0. The zero-order chi connectivity index (χ0) is 20.2. The molecule has 0 amide bonds. The minimum Gasteiger partial charge on any atom is -0.436 e. The number of hydrogen-bond acceptors (Lipinski definition) is 4. The smallest absolute Gasteiger partial charge is 0.314 e. The van der Waals surface area contributed by atoms with E-state index in [1.54, 1.807) is 0 Å². The molecule has 4 nitrogen and oxygen atoms in total. The zero-order valence-corrected chi connectivity index (χ0v) is 24.0. The van der Waals surface area contributed by atoms with Gasteiger partial charge in [0, 0.05) is 0 Å². The molecule has 0 rings (SSSR count). The van der Waals surface area contributed by atoms with Crippen molar-refractivity contribution >= 4 is 42.3 Å². The van der Waals surface area contributed by atoms with E-state index in [1.807, 2.05) is 0 Å². The predicted molar refractivity (Wildman–Crippen MR) is 122 cm³/mol. The lowest BCUT2D eigenvalue weighted by Gasteiger charge is -2.42. The average molecular weight is 441 g/mol. The van der Waals surface area contributed by atoms with Gasteiger partial charge in [-0.2, -0.15) is 0 Å². The molecule has 0 aromatic rings. The van der Waals surface area contributed by atoms with E-state index in [0.29, 0.717) is 0 Å². The quantitative estimate of drug-likeness (QED) is 0.329. The number of hydrogen-bond donors (Lipinski definition) is 0. The fraction of sp³-hybridized carbons (Fsp3) is 1.00. The third kappa shape index (κ3) is 12.1. The summed E-state index contributed by atoms with van der Waals surface area (Å²) in [5.74, 6) is 0. The lowest BCUT2D eigenvalue weighted by Crippen LogP contribution is -2.58. The summed E-state index contributed by atoms with van der Waals surface area (Å²) in [7, 11) is -10.0. The Hall–Kier alpha value is 0.924. The molecule has 0 saturated carbocycles. The van der Waals surface area contributed by atoms with Gasteiger partial charge in [0.2, 0.25) is 0 Å². The zero-order valence-electron chi connectivity index (χ0n) is 19.0. The van der Waals surface area contributed by atoms with Crippen LogP contribution in [-0.4, -0.2) is 42.3 Å². The Labute approximate surface area is 163 Å². The van der Waals surface area contributed by atoms with Crippen molar-refractivity contribution in [1.29, 1.82) is 0 Å². The summed E-state index contributed by atoms with van der Waals surface area (Å²) in [4.78, 5) is 0. The van der Waals surface area contributed by atoms with Crippen LogP contribution in [0.4, 0.5) is 0 Å². The molecule has 9 heteroatoms. The van der Waals surface area contributed by atoms with Gasteiger partial charge in [-0.15, -0.1) is 0 Å². The molecule has 0 saturated heterocycles.